The normalized spacial score (nSPS) is 20.1. The summed E-state index contributed by atoms with van der Waals surface area (Å²) in [5.74, 6) is 2.08. The van der Waals surface area contributed by atoms with Crippen LogP contribution >= 0.6 is 24.4 Å². The fraction of sp³-hybridized carbons (Fsp3) is 0.769. The van der Waals surface area contributed by atoms with Gasteiger partial charge in [0.25, 0.3) is 5.22 Å². The van der Waals surface area contributed by atoms with E-state index in [1.54, 1.807) is 18.0 Å². The van der Waals surface area contributed by atoms with Gasteiger partial charge >= 0.3 is 0 Å². The van der Waals surface area contributed by atoms with E-state index in [-0.39, 0.29) is 0 Å². The number of hydrogen-bond donors (Lipinski definition) is 1. The van der Waals surface area contributed by atoms with Gasteiger partial charge in [0.15, 0.2) is 0 Å². The van der Waals surface area contributed by atoms with E-state index >= 15 is 0 Å². The molecule has 0 unspecified atom stereocenters. The average molecular weight is 271 g/mol. The molecular formula is C13H21NOS2. The van der Waals surface area contributed by atoms with Gasteiger partial charge in [-0.15, -0.1) is 0 Å². The summed E-state index contributed by atoms with van der Waals surface area (Å²) in [4.78, 5) is 4.36. The minimum Gasteiger partial charge on any atom is -0.440 e. The maximum Gasteiger partial charge on any atom is 0.255 e. The predicted octanol–water partition coefficient (Wildman–Crippen LogP) is 4.35. The lowest BCUT2D eigenvalue weighted by molar-refractivity contribution is 0.331. The van der Waals surface area contributed by atoms with Crippen molar-refractivity contribution < 1.29 is 4.42 Å². The van der Waals surface area contributed by atoms with Crippen LogP contribution in [0.3, 0.4) is 0 Å². The molecule has 0 aliphatic heterocycles. The second-order valence-electron chi connectivity index (χ2n) is 5.12. The van der Waals surface area contributed by atoms with Crippen molar-refractivity contribution in [3.05, 3.63) is 12.0 Å². The van der Waals surface area contributed by atoms with Crippen LogP contribution in [0.25, 0.3) is 0 Å². The SMILES string of the molecule is Cc1coc(SCC2(CS)CCCCCC2)n1. The van der Waals surface area contributed by atoms with E-state index in [0.29, 0.717) is 5.41 Å². The van der Waals surface area contributed by atoms with E-state index in [0.717, 1.165) is 22.4 Å². The minimum absolute atomic E-state index is 0.395. The zero-order valence-corrected chi connectivity index (χ0v) is 12.2. The van der Waals surface area contributed by atoms with Gasteiger partial charge in [-0.2, -0.15) is 12.6 Å². The van der Waals surface area contributed by atoms with Gasteiger partial charge in [0.2, 0.25) is 0 Å². The van der Waals surface area contributed by atoms with Gasteiger partial charge in [-0.05, 0) is 30.9 Å². The fourth-order valence-corrected chi connectivity index (χ4v) is 4.16. The van der Waals surface area contributed by atoms with Crippen molar-refractivity contribution in [1.82, 2.24) is 4.98 Å². The van der Waals surface area contributed by atoms with Crippen LogP contribution in [-0.2, 0) is 0 Å². The number of thioether (sulfide) groups is 1. The molecule has 96 valence electrons. The van der Waals surface area contributed by atoms with E-state index < -0.39 is 0 Å². The first-order valence-corrected chi connectivity index (χ1v) is 8.02. The Labute approximate surface area is 113 Å². The summed E-state index contributed by atoms with van der Waals surface area (Å²) in [6, 6.07) is 0. The summed E-state index contributed by atoms with van der Waals surface area (Å²) >= 11 is 6.34. The van der Waals surface area contributed by atoms with Gasteiger partial charge in [-0.1, -0.05) is 37.4 Å². The molecule has 1 saturated carbocycles. The Bertz CT molecular complexity index is 343. The molecule has 0 saturated heterocycles. The Kier molecular flexibility index (Phi) is 4.86. The summed E-state index contributed by atoms with van der Waals surface area (Å²) in [6.07, 6.45) is 9.82. The van der Waals surface area contributed by atoms with Crippen molar-refractivity contribution in [2.75, 3.05) is 11.5 Å². The number of thiol groups is 1. The topological polar surface area (TPSA) is 26.0 Å². The van der Waals surface area contributed by atoms with E-state index in [2.05, 4.69) is 17.6 Å². The van der Waals surface area contributed by atoms with Gasteiger partial charge in [0.05, 0.1) is 5.69 Å². The Morgan fingerprint density at radius 3 is 2.59 bits per heavy atom. The molecule has 4 heteroatoms. The van der Waals surface area contributed by atoms with Crippen LogP contribution in [0.4, 0.5) is 0 Å². The fourth-order valence-electron chi connectivity index (χ4n) is 2.44. The molecule has 0 radical (unpaired) electrons. The van der Waals surface area contributed by atoms with Gasteiger partial charge in [-0.25, -0.2) is 4.98 Å². The molecule has 0 atom stereocenters. The standard InChI is InChI=1S/C13H21NOS2/c1-11-8-15-12(14-11)17-10-13(9-16)6-4-2-3-5-7-13/h8,16H,2-7,9-10H2,1H3. The second-order valence-corrected chi connectivity index (χ2v) is 6.36. The molecule has 0 bridgehead atoms. The molecule has 0 aromatic carbocycles. The molecule has 0 amide bonds. The van der Waals surface area contributed by atoms with Gasteiger partial charge in [0.1, 0.15) is 6.26 Å². The maximum atomic E-state index is 5.40. The molecule has 0 N–H and O–H groups in total. The largest absolute Gasteiger partial charge is 0.440 e. The number of rotatable bonds is 4. The third-order valence-corrected chi connectivity index (χ3v) is 5.46. The van der Waals surface area contributed by atoms with E-state index in [9.17, 15) is 0 Å². The molecule has 1 aliphatic rings. The smallest absolute Gasteiger partial charge is 0.255 e. The molecule has 1 aromatic rings. The van der Waals surface area contributed by atoms with Crippen LogP contribution in [0.15, 0.2) is 15.9 Å². The quantitative estimate of drug-likeness (QED) is 0.501. The number of aromatic nitrogens is 1. The summed E-state index contributed by atoms with van der Waals surface area (Å²) in [6.45, 7) is 1.97. The number of aryl methyl sites for hydroxylation is 1. The molecule has 1 fully saturated rings. The number of hydrogen-bond acceptors (Lipinski definition) is 4. The Balaban J connectivity index is 1.93. The van der Waals surface area contributed by atoms with Crippen molar-refractivity contribution in [3.63, 3.8) is 0 Å². The highest BCUT2D eigenvalue weighted by Crippen LogP contribution is 2.40. The first-order valence-electron chi connectivity index (χ1n) is 6.40. The minimum atomic E-state index is 0.395. The van der Waals surface area contributed by atoms with Gasteiger partial charge in [-0.3, -0.25) is 0 Å². The first-order chi connectivity index (χ1) is 8.24. The second kappa shape index (κ2) is 6.19. The van der Waals surface area contributed by atoms with Crippen molar-refractivity contribution in [2.24, 2.45) is 5.41 Å². The number of oxazole rings is 1. The van der Waals surface area contributed by atoms with Gasteiger partial charge < -0.3 is 4.42 Å². The zero-order valence-electron chi connectivity index (χ0n) is 10.4. The molecule has 2 rings (SSSR count). The Morgan fingerprint density at radius 2 is 2.06 bits per heavy atom. The van der Waals surface area contributed by atoms with Crippen LogP contribution in [-0.4, -0.2) is 16.5 Å². The van der Waals surface area contributed by atoms with E-state index in [1.807, 2.05) is 6.92 Å². The molecule has 1 aliphatic carbocycles. The average Bonchev–Trinajstić information content (AvgIpc) is 2.63. The number of nitrogens with zero attached hydrogens (tertiary/aromatic N) is 1. The van der Waals surface area contributed by atoms with Crippen LogP contribution in [0.1, 0.15) is 44.2 Å². The van der Waals surface area contributed by atoms with Crippen molar-refractivity contribution in [2.45, 2.75) is 50.7 Å². The molecule has 1 heterocycles. The van der Waals surface area contributed by atoms with Crippen LogP contribution in [0.2, 0.25) is 0 Å². The van der Waals surface area contributed by atoms with E-state index in [4.69, 9.17) is 4.42 Å². The highest BCUT2D eigenvalue weighted by atomic mass is 32.2. The first kappa shape index (κ1) is 13.3. The molecule has 1 aromatic heterocycles. The maximum absolute atomic E-state index is 5.40. The molecule has 2 nitrogen and oxygen atoms in total. The summed E-state index contributed by atoms with van der Waals surface area (Å²) in [5, 5.41) is 0.813. The van der Waals surface area contributed by atoms with Crippen LogP contribution < -0.4 is 0 Å². The summed E-state index contributed by atoms with van der Waals surface area (Å²) in [7, 11) is 0. The Hall–Kier alpha value is -0.0900. The molecule has 17 heavy (non-hydrogen) atoms. The van der Waals surface area contributed by atoms with Gasteiger partial charge in [0, 0.05) is 5.75 Å². The monoisotopic (exact) mass is 271 g/mol. The predicted molar refractivity (Wildman–Crippen MR) is 76.0 cm³/mol. The van der Waals surface area contributed by atoms with Crippen molar-refractivity contribution >= 4 is 24.4 Å². The van der Waals surface area contributed by atoms with Crippen molar-refractivity contribution in [1.29, 1.82) is 0 Å². The third kappa shape index (κ3) is 3.68. The lowest BCUT2D eigenvalue weighted by Crippen LogP contribution is -2.25. The highest BCUT2D eigenvalue weighted by Gasteiger charge is 2.30. The highest BCUT2D eigenvalue weighted by molar-refractivity contribution is 7.99. The van der Waals surface area contributed by atoms with E-state index in [1.165, 1.54) is 38.5 Å². The Morgan fingerprint density at radius 1 is 1.35 bits per heavy atom. The summed E-state index contributed by atoms with van der Waals surface area (Å²) in [5.41, 5.74) is 1.36. The third-order valence-electron chi connectivity index (χ3n) is 3.60. The molecule has 0 spiro atoms. The zero-order chi connectivity index (χ0) is 12.1. The summed E-state index contributed by atoms with van der Waals surface area (Å²) < 4.78 is 5.40. The van der Waals surface area contributed by atoms with Crippen LogP contribution in [0.5, 0.6) is 0 Å². The van der Waals surface area contributed by atoms with Crippen molar-refractivity contribution in [3.8, 4) is 0 Å². The lowest BCUT2D eigenvalue weighted by Gasteiger charge is -2.30. The molecular weight excluding hydrogens is 250 g/mol. The van der Waals surface area contributed by atoms with Crippen LogP contribution in [0, 0.1) is 12.3 Å². The lowest BCUT2D eigenvalue weighted by atomic mass is 9.84.